The predicted octanol–water partition coefficient (Wildman–Crippen LogP) is 0.454. The largest absolute Gasteiger partial charge is 0.339 e. The molecule has 2 rings (SSSR count). The molecule has 2 N–H and O–H groups in total. The highest BCUT2D eigenvalue weighted by molar-refractivity contribution is 5.47. The van der Waals surface area contributed by atoms with Gasteiger partial charge in [0.2, 0.25) is 11.7 Å². The van der Waals surface area contributed by atoms with Crippen LogP contribution in [0, 0.1) is 0 Å². The van der Waals surface area contributed by atoms with Crippen LogP contribution in [0.5, 0.6) is 0 Å². The molecule has 0 atom stereocenters. The van der Waals surface area contributed by atoms with Crippen molar-refractivity contribution in [2.24, 2.45) is 5.73 Å². The van der Waals surface area contributed by atoms with Crippen LogP contribution in [0.2, 0.25) is 0 Å². The summed E-state index contributed by atoms with van der Waals surface area (Å²) in [6.45, 7) is 3.30. The lowest BCUT2D eigenvalue weighted by Gasteiger charge is -1.97. The molecule has 15 heavy (non-hydrogen) atoms. The van der Waals surface area contributed by atoms with Crippen molar-refractivity contribution < 1.29 is 4.52 Å². The minimum Gasteiger partial charge on any atom is -0.339 e. The average molecular weight is 207 g/mol. The standard InChI is InChI=1S/C9H13N5O/c1-2-14-7(4-6-11-14)9-12-8(3-5-10)15-13-9/h4,6H,2-3,5,10H2,1H3. The van der Waals surface area contributed by atoms with Crippen LogP contribution in [0.15, 0.2) is 16.8 Å². The third-order valence-corrected chi connectivity index (χ3v) is 2.07. The van der Waals surface area contributed by atoms with Crippen molar-refractivity contribution in [1.82, 2.24) is 19.9 Å². The van der Waals surface area contributed by atoms with Gasteiger partial charge in [-0.2, -0.15) is 10.1 Å². The molecule has 0 aromatic carbocycles. The minimum absolute atomic E-state index is 0.509. The van der Waals surface area contributed by atoms with Gasteiger partial charge in [0.25, 0.3) is 0 Å². The summed E-state index contributed by atoms with van der Waals surface area (Å²) < 4.78 is 6.86. The van der Waals surface area contributed by atoms with Crippen molar-refractivity contribution in [3.63, 3.8) is 0 Å². The van der Waals surface area contributed by atoms with Gasteiger partial charge in [-0.1, -0.05) is 5.16 Å². The van der Waals surface area contributed by atoms with Gasteiger partial charge in [-0.05, 0) is 13.0 Å². The fraction of sp³-hybridized carbons (Fsp3) is 0.444. The van der Waals surface area contributed by atoms with Gasteiger partial charge in [0.1, 0.15) is 5.69 Å². The van der Waals surface area contributed by atoms with Gasteiger partial charge in [-0.25, -0.2) is 0 Å². The topological polar surface area (TPSA) is 82.8 Å². The lowest BCUT2D eigenvalue weighted by molar-refractivity contribution is 0.380. The second kappa shape index (κ2) is 4.22. The van der Waals surface area contributed by atoms with Crippen LogP contribution < -0.4 is 5.73 Å². The summed E-state index contributed by atoms with van der Waals surface area (Å²) in [5.74, 6) is 1.13. The first-order chi connectivity index (χ1) is 7.35. The van der Waals surface area contributed by atoms with Crippen LogP contribution >= 0.6 is 0 Å². The van der Waals surface area contributed by atoms with E-state index in [1.807, 2.05) is 17.7 Å². The number of hydrogen-bond donors (Lipinski definition) is 1. The van der Waals surface area contributed by atoms with Crippen molar-refractivity contribution in [3.8, 4) is 11.5 Å². The van der Waals surface area contributed by atoms with Crippen LogP contribution in [-0.2, 0) is 13.0 Å². The van der Waals surface area contributed by atoms with Gasteiger partial charge < -0.3 is 10.3 Å². The molecule has 6 nitrogen and oxygen atoms in total. The Morgan fingerprint density at radius 3 is 3.13 bits per heavy atom. The second-order valence-corrected chi connectivity index (χ2v) is 3.08. The Morgan fingerprint density at radius 1 is 1.53 bits per heavy atom. The summed E-state index contributed by atoms with van der Waals surface area (Å²) in [7, 11) is 0. The third-order valence-electron chi connectivity index (χ3n) is 2.07. The quantitative estimate of drug-likeness (QED) is 0.787. The number of aromatic nitrogens is 4. The van der Waals surface area contributed by atoms with Crippen LogP contribution in [0.1, 0.15) is 12.8 Å². The van der Waals surface area contributed by atoms with Crippen LogP contribution in [0.4, 0.5) is 0 Å². The highest BCUT2D eigenvalue weighted by Crippen LogP contribution is 2.14. The molecule has 0 aliphatic carbocycles. The first-order valence-electron chi connectivity index (χ1n) is 4.90. The Hall–Kier alpha value is -1.69. The lowest BCUT2D eigenvalue weighted by atomic mass is 10.4. The molecule has 0 unspecified atom stereocenters. The van der Waals surface area contributed by atoms with Crippen molar-refractivity contribution in [2.75, 3.05) is 6.54 Å². The van der Waals surface area contributed by atoms with Gasteiger partial charge >= 0.3 is 0 Å². The molecule has 0 amide bonds. The molecular weight excluding hydrogens is 194 g/mol. The van der Waals surface area contributed by atoms with E-state index >= 15 is 0 Å². The molecule has 2 aromatic heterocycles. The molecular formula is C9H13N5O. The lowest BCUT2D eigenvalue weighted by Crippen LogP contribution is -2.03. The average Bonchev–Trinajstić information content (AvgIpc) is 2.84. The number of hydrogen-bond acceptors (Lipinski definition) is 5. The van der Waals surface area contributed by atoms with Gasteiger partial charge in [0.15, 0.2) is 0 Å². The summed E-state index contributed by atoms with van der Waals surface area (Å²) in [6.07, 6.45) is 2.32. The summed E-state index contributed by atoms with van der Waals surface area (Å²) in [5, 5.41) is 8.02. The van der Waals surface area contributed by atoms with Crippen molar-refractivity contribution in [1.29, 1.82) is 0 Å². The van der Waals surface area contributed by atoms with E-state index in [4.69, 9.17) is 10.3 Å². The molecule has 0 aliphatic heterocycles. The van der Waals surface area contributed by atoms with Gasteiger partial charge in [0, 0.05) is 25.7 Å². The van der Waals surface area contributed by atoms with E-state index in [0.717, 1.165) is 12.2 Å². The Bertz CT molecular complexity index is 433. The van der Waals surface area contributed by atoms with Gasteiger partial charge in [-0.15, -0.1) is 0 Å². The van der Waals surface area contributed by atoms with E-state index in [-0.39, 0.29) is 0 Å². The minimum atomic E-state index is 0.509. The van der Waals surface area contributed by atoms with Crippen molar-refractivity contribution in [3.05, 3.63) is 18.2 Å². The van der Waals surface area contributed by atoms with E-state index in [1.165, 1.54) is 0 Å². The van der Waals surface area contributed by atoms with E-state index in [0.29, 0.717) is 24.7 Å². The van der Waals surface area contributed by atoms with Crippen molar-refractivity contribution >= 4 is 0 Å². The zero-order chi connectivity index (χ0) is 10.7. The molecule has 0 aliphatic rings. The maximum Gasteiger partial charge on any atom is 0.228 e. The molecule has 0 saturated carbocycles. The molecule has 0 spiro atoms. The Labute approximate surface area is 87.1 Å². The highest BCUT2D eigenvalue weighted by Gasteiger charge is 2.11. The molecule has 0 fully saturated rings. The molecule has 80 valence electrons. The maximum absolute atomic E-state index is 5.40. The number of rotatable bonds is 4. The molecule has 0 bridgehead atoms. The number of nitrogens with zero attached hydrogens (tertiary/aromatic N) is 4. The monoisotopic (exact) mass is 207 g/mol. The zero-order valence-electron chi connectivity index (χ0n) is 8.55. The smallest absolute Gasteiger partial charge is 0.228 e. The summed E-state index contributed by atoms with van der Waals surface area (Å²) in [4.78, 5) is 4.23. The Morgan fingerprint density at radius 2 is 2.40 bits per heavy atom. The Kier molecular flexibility index (Phi) is 2.77. The summed E-state index contributed by atoms with van der Waals surface area (Å²) >= 11 is 0. The first kappa shape index (κ1) is 9.85. The molecule has 0 saturated heterocycles. The summed E-state index contributed by atoms with van der Waals surface area (Å²) in [5.41, 5.74) is 6.26. The molecule has 6 heteroatoms. The van der Waals surface area contributed by atoms with E-state index in [1.54, 1.807) is 6.20 Å². The molecule has 2 aromatic rings. The molecule has 0 radical (unpaired) electrons. The maximum atomic E-state index is 5.40. The van der Waals surface area contributed by atoms with Gasteiger partial charge in [0.05, 0.1) is 0 Å². The fourth-order valence-corrected chi connectivity index (χ4v) is 1.36. The fourth-order valence-electron chi connectivity index (χ4n) is 1.36. The van der Waals surface area contributed by atoms with Gasteiger partial charge in [-0.3, -0.25) is 4.68 Å². The van der Waals surface area contributed by atoms with E-state index < -0.39 is 0 Å². The normalized spacial score (nSPS) is 10.8. The second-order valence-electron chi connectivity index (χ2n) is 3.08. The van der Waals surface area contributed by atoms with Crippen molar-refractivity contribution in [2.45, 2.75) is 19.9 Å². The van der Waals surface area contributed by atoms with Crippen LogP contribution in [0.3, 0.4) is 0 Å². The SMILES string of the molecule is CCn1nccc1-c1noc(CCN)n1. The molecule has 2 heterocycles. The number of nitrogens with two attached hydrogens (primary N) is 1. The summed E-state index contributed by atoms with van der Waals surface area (Å²) in [6, 6.07) is 1.86. The number of aryl methyl sites for hydroxylation is 1. The van der Waals surface area contributed by atoms with Crippen LogP contribution in [-0.4, -0.2) is 26.5 Å². The predicted molar refractivity (Wildman–Crippen MR) is 54.0 cm³/mol. The highest BCUT2D eigenvalue weighted by atomic mass is 16.5. The third kappa shape index (κ3) is 1.89. The Balaban J connectivity index is 2.28. The van der Waals surface area contributed by atoms with E-state index in [9.17, 15) is 0 Å². The van der Waals surface area contributed by atoms with Crippen LogP contribution in [0.25, 0.3) is 11.5 Å². The zero-order valence-corrected chi connectivity index (χ0v) is 8.55. The first-order valence-corrected chi connectivity index (χ1v) is 4.90. The van der Waals surface area contributed by atoms with E-state index in [2.05, 4.69) is 15.2 Å².